The summed E-state index contributed by atoms with van der Waals surface area (Å²) in [6.07, 6.45) is 1.46. The quantitative estimate of drug-likeness (QED) is 0.854. The minimum atomic E-state index is -0.462. The Kier molecular flexibility index (Phi) is 4.88. The van der Waals surface area contributed by atoms with Crippen molar-refractivity contribution in [3.63, 3.8) is 0 Å². The summed E-state index contributed by atoms with van der Waals surface area (Å²) >= 11 is 1.56. The van der Waals surface area contributed by atoms with Gasteiger partial charge in [-0.1, -0.05) is 6.92 Å². The van der Waals surface area contributed by atoms with Gasteiger partial charge in [0.05, 0.1) is 30.0 Å². The summed E-state index contributed by atoms with van der Waals surface area (Å²) in [7, 11) is 0. The van der Waals surface area contributed by atoms with Gasteiger partial charge in [0.25, 0.3) is 0 Å². The number of likely N-dealkylation sites (tertiary alicyclic amines) is 1. The van der Waals surface area contributed by atoms with Crippen LogP contribution >= 0.6 is 11.3 Å². The number of aromatic nitrogens is 1. The lowest BCUT2D eigenvalue weighted by atomic mass is 10.00. The normalized spacial score (nSPS) is 22.6. The van der Waals surface area contributed by atoms with E-state index in [4.69, 9.17) is 9.47 Å². The number of carbonyl (C=O) groups is 1. The van der Waals surface area contributed by atoms with E-state index in [-0.39, 0.29) is 11.7 Å². The van der Waals surface area contributed by atoms with E-state index in [2.05, 4.69) is 11.9 Å². The fourth-order valence-electron chi connectivity index (χ4n) is 2.37. The Morgan fingerprint density at radius 3 is 2.86 bits per heavy atom. The number of thiazole rings is 1. The smallest absolute Gasteiger partial charge is 0.410 e. The summed E-state index contributed by atoms with van der Waals surface area (Å²) in [4.78, 5) is 18.1. The average molecular weight is 312 g/mol. The van der Waals surface area contributed by atoms with Crippen molar-refractivity contribution in [2.45, 2.75) is 58.3 Å². The van der Waals surface area contributed by atoms with Gasteiger partial charge in [0.1, 0.15) is 5.60 Å². The predicted molar refractivity (Wildman–Crippen MR) is 82.3 cm³/mol. The number of hydrogen-bond donors (Lipinski definition) is 0. The molecule has 0 saturated carbocycles. The number of carbonyl (C=O) groups excluding carboxylic acids is 1. The molecule has 1 amide bonds. The molecule has 118 valence electrons. The second-order valence-corrected chi connectivity index (χ2v) is 7.18. The summed E-state index contributed by atoms with van der Waals surface area (Å²) in [5.41, 5.74) is 2.01. The third-order valence-corrected chi connectivity index (χ3v) is 4.26. The largest absolute Gasteiger partial charge is 0.444 e. The molecular weight excluding hydrogens is 288 g/mol. The molecule has 0 aliphatic carbocycles. The third-order valence-electron chi connectivity index (χ3n) is 3.62. The molecule has 1 aliphatic rings. The maximum Gasteiger partial charge on any atom is 0.410 e. The van der Waals surface area contributed by atoms with Gasteiger partial charge in [-0.15, -0.1) is 11.3 Å². The van der Waals surface area contributed by atoms with E-state index in [0.29, 0.717) is 19.7 Å². The Labute approximate surface area is 130 Å². The minimum Gasteiger partial charge on any atom is -0.444 e. The summed E-state index contributed by atoms with van der Waals surface area (Å²) in [6, 6.07) is 0. The van der Waals surface area contributed by atoms with Crippen LogP contribution in [0.15, 0.2) is 10.9 Å². The second kappa shape index (κ2) is 6.32. The molecule has 2 rings (SSSR count). The number of rotatable bonds is 4. The van der Waals surface area contributed by atoms with Crippen LogP contribution < -0.4 is 0 Å². The molecule has 1 aliphatic heterocycles. The number of nitrogens with zero attached hydrogens (tertiary/aromatic N) is 2. The van der Waals surface area contributed by atoms with Crippen LogP contribution in [0.5, 0.6) is 0 Å². The molecule has 0 bridgehead atoms. The van der Waals surface area contributed by atoms with Crippen molar-refractivity contribution in [1.29, 1.82) is 0 Å². The summed E-state index contributed by atoms with van der Waals surface area (Å²) in [5, 5.41) is 1.99. The minimum absolute atomic E-state index is 0.255. The molecule has 1 aromatic heterocycles. The zero-order valence-electron chi connectivity index (χ0n) is 13.2. The van der Waals surface area contributed by atoms with E-state index in [9.17, 15) is 4.79 Å². The Hall–Kier alpha value is -1.14. The Bertz CT molecular complexity index is 470. The lowest BCUT2D eigenvalue weighted by Crippen LogP contribution is -2.40. The van der Waals surface area contributed by atoms with Crippen molar-refractivity contribution >= 4 is 17.4 Å². The van der Waals surface area contributed by atoms with Crippen LogP contribution in [0.3, 0.4) is 0 Å². The molecule has 1 unspecified atom stereocenters. The van der Waals surface area contributed by atoms with Crippen molar-refractivity contribution in [2.24, 2.45) is 0 Å². The first-order valence-corrected chi connectivity index (χ1v) is 8.27. The molecule has 1 atom stereocenters. The van der Waals surface area contributed by atoms with E-state index >= 15 is 0 Å². The molecule has 0 N–H and O–H groups in total. The fourth-order valence-corrected chi connectivity index (χ4v) is 2.91. The summed E-state index contributed by atoms with van der Waals surface area (Å²) in [5.74, 6) is 0. The van der Waals surface area contributed by atoms with E-state index in [0.717, 1.165) is 18.5 Å². The van der Waals surface area contributed by atoms with E-state index in [1.54, 1.807) is 21.7 Å². The van der Waals surface area contributed by atoms with Crippen LogP contribution in [-0.2, 0) is 16.1 Å². The van der Waals surface area contributed by atoms with Crippen molar-refractivity contribution in [2.75, 3.05) is 13.1 Å². The zero-order valence-corrected chi connectivity index (χ0v) is 14.0. The van der Waals surface area contributed by atoms with Crippen LogP contribution in [0.25, 0.3) is 0 Å². The third kappa shape index (κ3) is 4.41. The second-order valence-electron chi connectivity index (χ2n) is 6.46. The number of ether oxygens (including phenoxy) is 2. The first-order valence-electron chi connectivity index (χ1n) is 7.32. The first kappa shape index (κ1) is 16.2. The van der Waals surface area contributed by atoms with Crippen LogP contribution in [0.4, 0.5) is 4.79 Å². The fraction of sp³-hybridized carbons (Fsp3) is 0.733. The maximum absolute atomic E-state index is 12.1. The average Bonchev–Trinajstić information content (AvgIpc) is 3.05. The van der Waals surface area contributed by atoms with Crippen LogP contribution in [0.1, 0.15) is 46.2 Å². The van der Waals surface area contributed by atoms with Crippen LogP contribution in [0.2, 0.25) is 0 Å². The standard InChI is InChI=1S/C15H24N2O3S/c1-5-15(19-8-12-9-21-11-16-12)6-7-17(10-15)13(18)20-14(2,3)4/h9,11H,5-8,10H2,1-4H3. The Balaban J connectivity index is 1.92. The van der Waals surface area contributed by atoms with Gasteiger partial charge in [0.2, 0.25) is 0 Å². The lowest BCUT2D eigenvalue weighted by Gasteiger charge is -2.29. The highest BCUT2D eigenvalue weighted by molar-refractivity contribution is 7.07. The molecule has 6 heteroatoms. The maximum atomic E-state index is 12.1. The van der Waals surface area contributed by atoms with Gasteiger partial charge in [-0.2, -0.15) is 0 Å². The van der Waals surface area contributed by atoms with E-state index < -0.39 is 5.60 Å². The first-order chi connectivity index (χ1) is 9.84. The van der Waals surface area contributed by atoms with Gasteiger partial charge in [-0.05, 0) is 33.6 Å². The van der Waals surface area contributed by atoms with Crippen molar-refractivity contribution in [1.82, 2.24) is 9.88 Å². The lowest BCUT2D eigenvalue weighted by molar-refractivity contribution is -0.0538. The molecule has 0 spiro atoms. The summed E-state index contributed by atoms with van der Waals surface area (Å²) in [6.45, 7) is 9.51. The molecule has 1 saturated heterocycles. The van der Waals surface area contributed by atoms with Gasteiger partial charge < -0.3 is 14.4 Å². The SMILES string of the molecule is CCC1(OCc2cscn2)CCN(C(=O)OC(C)(C)C)C1. The Morgan fingerprint density at radius 1 is 1.52 bits per heavy atom. The van der Waals surface area contributed by atoms with E-state index in [1.807, 2.05) is 26.2 Å². The molecule has 1 fully saturated rings. The molecular formula is C15H24N2O3S. The molecule has 1 aromatic rings. The van der Waals surface area contributed by atoms with Crippen molar-refractivity contribution < 1.29 is 14.3 Å². The zero-order chi connectivity index (χ0) is 15.5. The highest BCUT2D eigenvalue weighted by Crippen LogP contribution is 2.30. The van der Waals surface area contributed by atoms with Crippen molar-refractivity contribution in [3.05, 3.63) is 16.6 Å². The van der Waals surface area contributed by atoms with Gasteiger partial charge >= 0.3 is 6.09 Å². The van der Waals surface area contributed by atoms with Gasteiger partial charge in [-0.25, -0.2) is 9.78 Å². The van der Waals surface area contributed by atoms with E-state index in [1.165, 1.54) is 0 Å². The highest BCUT2D eigenvalue weighted by Gasteiger charge is 2.41. The number of hydrogen-bond acceptors (Lipinski definition) is 5. The molecule has 0 aromatic carbocycles. The molecule has 21 heavy (non-hydrogen) atoms. The highest BCUT2D eigenvalue weighted by atomic mass is 32.1. The molecule has 0 radical (unpaired) electrons. The van der Waals surface area contributed by atoms with Gasteiger partial charge in [0.15, 0.2) is 0 Å². The van der Waals surface area contributed by atoms with Gasteiger partial charge in [0, 0.05) is 11.9 Å². The van der Waals surface area contributed by atoms with Crippen LogP contribution in [0, 0.1) is 0 Å². The van der Waals surface area contributed by atoms with Crippen molar-refractivity contribution in [3.8, 4) is 0 Å². The topological polar surface area (TPSA) is 51.7 Å². The van der Waals surface area contributed by atoms with Gasteiger partial charge in [-0.3, -0.25) is 0 Å². The monoisotopic (exact) mass is 312 g/mol. The summed E-state index contributed by atoms with van der Waals surface area (Å²) < 4.78 is 11.5. The Morgan fingerprint density at radius 2 is 2.29 bits per heavy atom. The van der Waals surface area contributed by atoms with Crippen LogP contribution in [-0.4, -0.2) is 40.3 Å². The predicted octanol–water partition coefficient (Wildman–Crippen LogP) is 3.45. The molecule has 2 heterocycles. The molecule has 5 nitrogen and oxygen atoms in total. The number of amides is 1.